The van der Waals surface area contributed by atoms with Gasteiger partial charge in [-0.25, -0.2) is 0 Å². The lowest BCUT2D eigenvalue weighted by molar-refractivity contribution is 0.476. The standard InChI is InChI=1S/C24H21NO/c1-2-14-25-16-19-10-7-13-22(24(19)26)23-20-11-5-3-8-17(20)15-18-9-4-6-12-21(18)23/h3-13,15-16,26H,2,14H2,1H3. The second kappa shape index (κ2) is 7.01. The van der Waals surface area contributed by atoms with Gasteiger partial charge in [-0.1, -0.05) is 67.6 Å². The first-order chi connectivity index (χ1) is 12.8. The van der Waals surface area contributed by atoms with E-state index in [-0.39, 0.29) is 5.75 Å². The van der Waals surface area contributed by atoms with Gasteiger partial charge in [-0.3, -0.25) is 4.99 Å². The van der Waals surface area contributed by atoms with E-state index in [1.54, 1.807) is 6.21 Å². The lowest BCUT2D eigenvalue weighted by atomic mass is 9.91. The first-order valence-corrected chi connectivity index (χ1v) is 9.02. The zero-order valence-corrected chi connectivity index (χ0v) is 14.8. The van der Waals surface area contributed by atoms with Crippen LogP contribution in [0.25, 0.3) is 32.7 Å². The number of aliphatic imine (C=N–C) groups is 1. The third-order valence-electron chi connectivity index (χ3n) is 4.69. The van der Waals surface area contributed by atoms with Crippen molar-refractivity contribution in [3.05, 3.63) is 78.4 Å². The van der Waals surface area contributed by atoms with Crippen molar-refractivity contribution >= 4 is 27.8 Å². The number of benzene rings is 4. The van der Waals surface area contributed by atoms with Crippen LogP contribution in [0.4, 0.5) is 0 Å². The third kappa shape index (κ3) is 2.84. The molecule has 0 aliphatic heterocycles. The molecular formula is C24H21NO. The maximum absolute atomic E-state index is 11.0. The van der Waals surface area contributed by atoms with Crippen LogP contribution >= 0.6 is 0 Å². The van der Waals surface area contributed by atoms with Crippen LogP contribution in [-0.4, -0.2) is 17.9 Å². The number of hydrogen-bond donors (Lipinski definition) is 1. The third-order valence-corrected chi connectivity index (χ3v) is 4.69. The van der Waals surface area contributed by atoms with E-state index in [1.807, 2.05) is 30.3 Å². The van der Waals surface area contributed by atoms with E-state index in [9.17, 15) is 5.11 Å². The number of phenols is 1. The molecule has 0 unspecified atom stereocenters. The Morgan fingerprint density at radius 3 is 2.15 bits per heavy atom. The second-order valence-electron chi connectivity index (χ2n) is 6.47. The van der Waals surface area contributed by atoms with Crippen molar-refractivity contribution in [3.8, 4) is 16.9 Å². The smallest absolute Gasteiger partial charge is 0.132 e. The first-order valence-electron chi connectivity index (χ1n) is 9.02. The van der Waals surface area contributed by atoms with Gasteiger partial charge in [0, 0.05) is 29.4 Å². The van der Waals surface area contributed by atoms with E-state index >= 15 is 0 Å². The van der Waals surface area contributed by atoms with Crippen molar-refractivity contribution < 1.29 is 5.11 Å². The van der Waals surface area contributed by atoms with E-state index in [0.29, 0.717) is 0 Å². The fourth-order valence-electron chi connectivity index (χ4n) is 3.46. The van der Waals surface area contributed by atoms with E-state index in [0.717, 1.165) is 40.4 Å². The summed E-state index contributed by atoms with van der Waals surface area (Å²) in [5.74, 6) is 0.286. The van der Waals surface area contributed by atoms with E-state index in [4.69, 9.17) is 0 Å². The highest BCUT2D eigenvalue weighted by atomic mass is 16.3. The van der Waals surface area contributed by atoms with Crippen LogP contribution in [0.15, 0.2) is 77.8 Å². The molecule has 0 fully saturated rings. The van der Waals surface area contributed by atoms with Gasteiger partial charge in [-0.2, -0.15) is 0 Å². The summed E-state index contributed by atoms with van der Waals surface area (Å²) in [5.41, 5.74) is 2.67. The summed E-state index contributed by atoms with van der Waals surface area (Å²) in [4.78, 5) is 4.40. The summed E-state index contributed by atoms with van der Waals surface area (Å²) in [6.45, 7) is 2.86. The molecule has 0 aromatic heterocycles. The Bertz CT molecular complexity index is 1060. The number of phenolic OH excluding ortho intramolecular Hbond substituents is 1. The molecule has 2 nitrogen and oxygen atoms in total. The van der Waals surface area contributed by atoms with Crippen LogP contribution in [0.3, 0.4) is 0 Å². The normalized spacial score (nSPS) is 11.6. The number of nitrogens with zero attached hydrogens (tertiary/aromatic N) is 1. The summed E-state index contributed by atoms with van der Waals surface area (Å²) in [6, 6.07) is 24.8. The molecule has 0 saturated carbocycles. The highest BCUT2D eigenvalue weighted by Crippen LogP contribution is 2.41. The predicted molar refractivity (Wildman–Crippen MR) is 111 cm³/mol. The summed E-state index contributed by atoms with van der Waals surface area (Å²) >= 11 is 0. The van der Waals surface area contributed by atoms with Crippen LogP contribution in [-0.2, 0) is 0 Å². The first kappa shape index (κ1) is 16.3. The minimum absolute atomic E-state index is 0.286. The highest BCUT2D eigenvalue weighted by Gasteiger charge is 2.14. The predicted octanol–water partition coefficient (Wildman–Crippen LogP) is 6.19. The van der Waals surface area contributed by atoms with Gasteiger partial charge in [0.25, 0.3) is 0 Å². The monoisotopic (exact) mass is 339 g/mol. The molecule has 4 aromatic rings. The molecule has 128 valence electrons. The van der Waals surface area contributed by atoms with Gasteiger partial charge in [0.1, 0.15) is 5.75 Å². The molecule has 26 heavy (non-hydrogen) atoms. The zero-order chi connectivity index (χ0) is 17.9. The summed E-state index contributed by atoms with van der Waals surface area (Å²) in [5, 5.41) is 15.6. The van der Waals surface area contributed by atoms with Gasteiger partial charge < -0.3 is 5.11 Å². The molecule has 0 saturated heterocycles. The van der Waals surface area contributed by atoms with Gasteiger partial charge >= 0.3 is 0 Å². The Labute approximate surface area is 153 Å². The largest absolute Gasteiger partial charge is 0.507 e. The molecule has 4 aromatic carbocycles. The van der Waals surface area contributed by atoms with Crippen LogP contribution in [0.5, 0.6) is 5.75 Å². The minimum atomic E-state index is 0.286. The number of para-hydroxylation sites is 1. The summed E-state index contributed by atoms with van der Waals surface area (Å²) in [6.07, 6.45) is 2.76. The molecule has 0 spiro atoms. The van der Waals surface area contributed by atoms with E-state index in [1.165, 1.54) is 10.8 Å². The molecule has 4 rings (SSSR count). The molecule has 0 bridgehead atoms. The Kier molecular flexibility index (Phi) is 4.40. The van der Waals surface area contributed by atoms with Gasteiger partial charge in [-0.15, -0.1) is 0 Å². The van der Waals surface area contributed by atoms with Crippen LogP contribution < -0.4 is 0 Å². The average Bonchev–Trinajstić information content (AvgIpc) is 2.68. The number of rotatable bonds is 4. The van der Waals surface area contributed by atoms with Crippen molar-refractivity contribution in [1.82, 2.24) is 0 Å². The maximum atomic E-state index is 11.0. The van der Waals surface area contributed by atoms with E-state index in [2.05, 4.69) is 54.4 Å². The Morgan fingerprint density at radius 2 is 1.50 bits per heavy atom. The number of hydrogen-bond acceptors (Lipinski definition) is 2. The zero-order valence-electron chi connectivity index (χ0n) is 14.8. The maximum Gasteiger partial charge on any atom is 0.132 e. The molecule has 0 amide bonds. The fraction of sp³-hybridized carbons (Fsp3) is 0.125. The van der Waals surface area contributed by atoms with Crippen molar-refractivity contribution in [3.63, 3.8) is 0 Å². The van der Waals surface area contributed by atoms with Crippen LogP contribution in [0.2, 0.25) is 0 Å². The fourth-order valence-corrected chi connectivity index (χ4v) is 3.46. The van der Waals surface area contributed by atoms with Crippen molar-refractivity contribution in [1.29, 1.82) is 0 Å². The van der Waals surface area contributed by atoms with Crippen molar-refractivity contribution in [2.75, 3.05) is 6.54 Å². The molecule has 0 atom stereocenters. The number of aromatic hydroxyl groups is 1. The quantitative estimate of drug-likeness (QED) is 0.349. The lowest BCUT2D eigenvalue weighted by Crippen LogP contribution is -1.90. The van der Waals surface area contributed by atoms with Gasteiger partial charge in [0.2, 0.25) is 0 Å². The number of fused-ring (bicyclic) bond motifs is 2. The molecular weight excluding hydrogens is 318 g/mol. The van der Waals surface area contributed by atoms with Crippen molar-refractivity contribution in [2.45, 2.75) is 13.3 Å². The molecule has 0 heterocycles. The lowest BCUT2D eigenvalue weighted by Gasteiger charge is -2.14. The summed E-state index contributed by atoms with van der Waals surface area (Å²) in [7, 11) is 0. The van der Waals surface area contributed by atoms with E-state index < -0.39 is 0 Å². The molecule has 0 radical (unpaired) electrons. The van der Waals surface area contributed by atoms with Gasteiger partial charge in [0.05, 0.1) is 0 Å². The van der Waals surface area contributed by atoms with Crippen molar-refractivity contribution in [2.24, 2.45) is 4.99 Å². The van der Waals surface area contributed by atoms with Gasteiger partial charge in [0.15, 0.2) is 0 Å². The molecule has 0 aliphatic carbocycles. The minimum Gasteiger partial charge on any atom is -0.507 e. The SMILES string of the molecule is CCCN=Cc1cccc(-c2c3ccccc3cc3ccccc23)c1O. The molecule has 2 heteroatoms. The Balaban J connectivity index is 2.03. The summed E-state index contributed by atoms with van der Waals surface area (Å²) < 4.78 is 0. The highest BCUT2D eigenvalue weighted by molar-refractivity contribution is 6.14. The molecule has 1 N–H and O–H groups in total. The second-order valence-corrected chi connectivity index (χ2v) is 6.47. The Hall–Kier alpha value is -3.13. The molecule has 0 aliphatic rings. The van der Waals surface area contributed by atoms with Gasteiger partial charge in [-0.05, 0) is 40.1 Å². The topological polar surface area (TPSA) is 32.6 Å². The van der Waals surface area contributed by atoms with Crippen LogP contribution in [0, 0.1) is 0 Å². The average molecular weight is 339 g/mol. The Morgan fingerprint density at radius 1 is 0.846 bits per heavy atom. The van der Waals surface area contributed by atoms with Crippen LogP contribution in [0.1, 0.15) is 18.9 Å².